The lowest BCUT2D eigenvalue weighted by Gasteiger charge is -2.64. The Morgan fingerprint density at radius 2 is 1.71 bits per heavy atom. The van der Waals surface area contributed by atoms with Crippen molar-refractivity contribution in [3.63, 3.8) is 0 Å². The van der Waals surface area contributed by atoms with E-state index in [1.807, 2.05) is 0 Å². The molecule has 0 aromatic heterocycles. The molecule has 0 aromatic carbocycles. The second-order valence-electron chi connectivity index (χ2n) is 13.3. The smallest absolute Gasteiger partial charge is 0.409 e. The van der Waals surface area contributed by atoms with Crippen LogP contribution in [0.5, 0.6) is 0 Å². The van der Waals surface area contributed by atoms with Crippen molar-refractivity contribution in [1.82, 2.24) is 4.90 Å². The van der Waals surface area contributed by atoms with Crippen LogP contribution in [0.25, 0.3) is 0 Å². The molecule has 4 saturated carbocycles. The predicted octanol–water partition coefficient (Wildman–Crippen LogP) is 5.73. The van der Waals surface area contributed by atoms with Gasteiger partial charge in [-0.3, -0.25) is 0 Å². The monoisotopic (exact) mass is 477 g/mol. The summed E-state index contributed by atoms with van der Waals surface area (Å²) in [5, 5.41) is 22.3. The van der Waals surface area contributed by atoms with Gasteiger partial charge >= 0.3 is 6.09 Å². The van der Waals surface area contributed by atoms with E-state index >= 15 is 0 Å². The summed E-state index contributed by atoms with van der Waals surface area (Å²) in [6, 6.07) is 0. The fraction of sp³-hybridized carbons (Fsp3) is 0.966. The molecule has 0 spiro atoms. The summed E-state index contributed by atoms with van der Waals surface area (Å²) in [7, 11) is 3.45. The SMILES string of the molecule is CC[C@@H]1C2C[C@H](O)CCC2(C)[C@H]2CCC3(C)[C@@H]([C@H](C)CCCOC(=O)N(C)C)CC[C@H]3C2[C@@H]1O. The first kappa shape index (κ1) is 26.3. The first-order valence-electron chi connectivity index (χ1n) is 14.2. The molecule has 34 heavy (non-hydrogen) atoms. The zero-order valence-corrected chi connectivity index (χ0v) is 22.6. The van der Waals surface area contributed by atoms with Crippen LogP contribution < -0.4 is 0 Å². The molecule has 0 aliphatic heterocycles. The molecule has 0 saturated heterocycles. The predicted molar refractivity (Wildman–Crippen MR) is 135 cm³/mol. The van der Waals surface area contributed by atoms with Crippen molar-refractivity contribution in [1.29, 1.82) is 0 Å². The Kier molecular flexibility index (Phi) is 7.66. The fourth-order valence-electron chi connectivity index (χ4n) is 9.83. The lowest BCUT2D eigenvalue weighted by molar-refractivity contribution is -0.203. The third kappa shape index (κ3) is 4.31. The van der Waals surface area contributed by atoms with Gasteiger partial charge in [-0.15, -0.1) is 0 Å². The van der Waals surface area contributed by atoms with E-state index < -0.39 is 0 Å². The maximum absolute atomic E-state index is 11.8. The zero-order valence-electron chi connectivity index (χ0n) is 22.6. The summed E-state index contributed by atoms with van der Waals surface area (Å²) >= 11 is 0. The Balaban J connectivity index is 1.47. The van der Waals surface area contributed by atoms with Crippen molar-refractivity contribution in [2.75, 3.05) is 20.7 Å². The molecule has 196 valence electrons. The molecule has 4 fully saturated rings. The summed E-state index contributed by atoms with van der Waals surface area (Å²) in [6.45, 7) is 10.2. The largest absolute Gasteiger partial charge is 0.449 e. The minimum Gasteiger partial charge on any atom is -0.449 e. The number of hydrogen-bond acceptors (Lipinski definition) is 4. The highest BCUT2D eigenvalue weighted by Gasteiger charge is 2.64. The summed E-state index contributed by atoms with van der Waals surface area (Å²) in [5.41, 5.74) is 0.572. The van der Waals surface area contributed by atoms with Crippen molar-refractivity contribution < 1.29 is 19.7 Å². The van der Waals surface area contributed by atoms with E-state index in [1.165, 1.54) is 30.6 Å². The van der Waals surface area contributed by atoms with Crippen LogP contribution in [-0.4, -0.2) is 54.1 Å². The maximum atomic E-state index is 11.8. The van der Waals surface area contributed by atoms with E-state index in [2.05, 4.69) is 27.7 Å². The van der Waals surface area contributed by atoms with Gasteiger partial charge in [0, 0.05) is 14.1 Å². The normalized spacial score (nSPS) is 46.7. The Morgan fingerprint density at radius 3 is 2.38 bits per heavy atom. The molecule has 0 bridgehead atoms. The molecule has 4 unspecified atom stereocenters. The van der Waals surface area contributed by atoms with Gasteiger partial charge in [-0.1, -0.05) is 34.1 Å². The molecular weight excluding hydrogens is 426 g/mol. The number of carbonyl (C=O) groups excluding carboxylic acids is 1. The molecule has 0 radical (unpaired) electrons. The molecule has 5 nitrogen and oxygen atoms in total. The van der Waals surface area contributed by atoms with Gasteiger partial charge in [-0.25, -0.2) is 4.79 Å². The lowest BCUT2D eigenvalue weighted by atomic mass is 9.41. The Morgan fingerprint density at radius 1 is 1.03 bits per heavy atom. The second kappa shape index (κ2) is 9.92. The Hall–Kier alpha value is -0.810. The summed E-state index contributed by atoms with van der Waals surface area (Å²) in [6.07, 6.45) is 10.4. The fourth-order valence-corrected chi connectivity index (χ4v) is 9.83. The zero-order chi connectivity index (χ0) is 24.8. The van der Waals surface area contributed by atoms with E-state index in [9.17, 15) is 15.0 Å². The van der Waals surface area contributed by atoms with Crippen molar-refractivity contribution in [2.24, 2.45) is 52.3 Å². The molecular formula is C29H51NO4. The van der Waals surface area contributed by atoms with Gasteiger partial charge in [0.05, 0.1) is 18.8 Å². The van der Waals surface area contributed by atoms with E-state index in [1.54, 1.807) is 14.1 Å². The molecule has 4 aliphatic rings. The molecule has 0 heterocycles. The van der Waals surface area contributed by atoms with E-state index in [0.29, 0.717) is 53.4 Å². The summed E-state index contributed by atoms with van der Waals surface area (Å²) in [5.74, 6) is 3.71. The average molecular weight is 478 g/mol. The first-order chi connectivity index (χ1) is 16.0. The minimum absolute atomic E-state index is 0.182. The number of aliphatic hydroxyl groups excluding tert-OH is 2. The van der Waals surface area contributed by atoms with Crippen LogP contribution >= 0.6 is 0 Å². The van der Waals surface area contributed by atoms with Crippen LogP contribution in [0.1, 0.15) is 91.9 Å². The van der Waals surface area contributed by atoms with Crippen molar-refractivity contribution in [2.45, 2.75) is 104 Å². The third-order valence-corrected chi connectivity index (χ3v) is 11.5. The van der Waals surface area contributed by atoms with Crippen LogP contribution in [0.2, 0.25) is 0 Å². The van der Waals surface area contributed by atoms with Gasteiger partial charge in [0.2, 0.25) is 0 Å². The second-order valence-corrected chi connectivity index (χ2v) is 13.3. The number of nitrogens with zero attached hydrogens (tertiary/aromatic N) is 1. The quantitative estimate of drug-likeness (QED) is 0.480. The minimum atomic E-state index is -0.252. The molecule has 1 amide bonds. The average Bonchev–Trinajstić information content (AvgIpc) is 3.15. The van der Waals surface area contributed by atoms with Gasteiger partial charge in [0.1, 0.15) is 0 Å². The lowest BCUT2D eigenvalue weighted by Crippen LogP contribution is -2.62. The van der Waals surface area contributed by atoms with E-state index in [-0.39, 0.29) is 23.7 Å². The summed E-state index contributed by atoms with van der Waals surface area (Å²) in [4.78, 5) is 13.2. The molecule has 4 rings (SSSR count). The number of hydrogen-bond donors (Lipinski definition) is 2. The number of ether oxygens (including phenoxy) is 1. The standard InChI is InChI=1S/C29H51NO4/c1-7-20-24-17-19(31)12-14-29(24,4)23-13-15-28(3)21(10-11-22(28)25(23)26(20)32)18(2)9-8-16-34-27(33)30(5)6/h18-26,31-32H,7-17H2,1-6H3/t18-,19-,20-,21-,22+,23+,24?,25?,26-,28?,29?/m1/s1. The molecule has 4 aliphatic carbocycles. The topological polar surface area (TPSA) is 70.0 Å². The number of fused-ring (bicyclic) bond motifs is 5. The number of aliphatic hydroxyl groups is 2. The van der Waals surface area contributed by atoms with E-state index in [4.69, 9.17) is 4.74 Å². The van der Waals surface area contributed by atoms with Crippen LogP contribution in [0.3, 0.4) is 0 Å². The van der Waals surface area contributed by atoms with Crippen molar-refractivity contribution in [3.05, 3.63) is 0 Å². The third-order valence-electron chi connectivity index (χ3n) is 11.5. The van der Waals surface area contributed by atoms with Crippen molar-refractivity contribution >= 4 is 6.09 Å². The molecule has 5 heteroatoms. The first-order valence-corrected chi connectivity index (χ1v) is 14.2. The van der Waals surface area contributed by atoms with Crippen LogP contribution in [0.15, 0.2) is 0 Å². The van der Waals surface area contributed by atoms with Crippen molar-refractivity contribution in [3.8, 4) is 0 Å². The number of rotatable bonds is 6. The van der Waals surface area contributed by atoms with Crippen LogP contribution in [-0.2, 0) is 4.74 Å². The highest BCUT2D eigenvalue weighted by Crippen LogP contribution is 2.69. The number of carbonyl (C=O) groups is 1. The van der Waals surface area contributed by atoms with Gasteiger partial charge in [0.25, 0.3) is 0 Å². The highest BCUT2D eigenvalue weighted by atomic mass is 16.6. The summed E-state index contributed by atoms with van der Waals surface area (Å²) < 4.78 is 5.36. The van der Waals surface area contributed by atoms with Gasteiger partial charge in [-0.05, 0) is 110 Å². The van der Waals surface area contributed by atoms with Crippen LogP contribution in [0, 0.1) is 52.3 Å². The highest BCUT2D eigenvalue weighted by molar-refractivity contribution is 5.66. The Labute approximate surface area is 208 Å². The molecule has 2 N–H and O–H groups in total. The van der Waals surface area contributed by atoms with Gasteiger partial charge in [-0.2, -0.15) is 0 Å². The van der Waals surface area contributed by atoms with E-state index in [0.717, 1.165) is 38.5 Å². The van der Waals surface area contributed by atoms with Gasteiger partial charge < -0.3 is 19.8 Å². The molecule has 0 aromatic rings. The maximum Gasteiger partial charge on any atom is 0.409 e. The molecule has 11 atom stereocenters. The number of amides is 1. The Bertz CT molecular complexity index is 727. The van der Waals surface area contributed by atoms with Gasteiger partial charge in [0.15, 0.2) is 0 Å². The van der Waals surface area contributed by atoms with Crippen LogP contribution in [0.4, 0.5) is 4.79 Å².